The van der Waals surface area contributed by atoms with Crippen molar-refractivity contribution in [1.29, 1.82) is 0 Å². The van der Waals surface area contributed by atoms with E-state index in [1.165, 1.54) is 0 Å². The van der Waals surface area contributed by atoms with Crippen molar-refractivity contribution in [2.24, 2.45) is 0 Å². The number of hydrogen-bond acceptors (Lipinski definition) is 5. The number of tetrazole rings is 1. The van der Waals surface area contributed by atoms with E-state index in [1.807, 2.05) is 48.5 Å². The molecule has 2 aromatic carbocycles. The molecule has 4 rings (SSSR count). The summed E-state index contributed by atoms with van der Waals surface area (Å²) in [7, 11) is 0. The average molecular weight is 320 g/mol. The molecule has 0 atom stereocenters. The molecular formula is C18H16N4O2. The Bertz CT molecular complexity index is 874. The highest BCUT2D eigenvalue weighted by Gasteiger charge is 2.17. The SMILES string of the molecule is O=C1CCCc2cc(OCc3nnnn3-c3ccccc3)ccc21. The number of Topliss-reactive ketones (excluding diaryl/α,β-unsaturated/α-hetero) is 1. The highest BCUT2D eigenvalue weighted by Crippen LogP contribution is 2.25. The number of aromatic nitrogens is 4. The molecule has 0 spiro atoms. The molecule has 1 aromatic heterocycles. The summed E-state index contributed by atoms with van der Waals surface area (Å²) in [5.41, 5.74) is 2.77. The van der Waals surface area contributed by atoms with Crippen molar-refractivity contribution in [1.82, 2.24) is 20.2 Å². The van der Waals surface area contributed by atoms with Gasteiger partial charge in [-0.2, -0.15) is 4.68 Å². The third-order valence-corrected chi connectivity index (χ3v) is 4.13. The first kappa shape index (κ1) is 14.6. The summed E-state index contributed by atoms with van der Waals surface area (Å²) < 4.78 is 7.49. The first-order valence-corrected chi connectivity index (χ1v) is 7.93. The van der Waals surface area contributed by atoms with Crippen molar-refractivity contribution >= 4 is 5.78 Å². The second-order valence-corrected chi connectivity index (χ2v) is 5.73. The lowest BCUT2D eigenvalue weighted by molar-refractivity contribution is 0.0972. The van der Waals surface area contributed by atoms with E-state index in [9.17, 15) is 4.79 Å². The fourth-order valence-corrected chi connectivity index (χ4v) is 2.93. The van der Waals surface area contributed by atoms with Crippen LogP contribution in [0.3, 0.4) is 0 Å². The summed E-state index contributed by atoms with van der Waals surface area (Å²) in [5, 5.41) is 11.8. The Morgan fingerprint density at radius 3 is 2.83 bits per heavy atom. The standard InChI is InChI=1S/C18H16N4O2/c23-17-8-4-5-13-11-15(9-10-16(13)17)24-12-18-19-20-21-22(18)14-6-2-1-3-7-14/h1-3,6-7,9-11H,4-5,8,12H2. The van der Waals surface area contributed by atoms with E-state index in [4.69, 9.17) is 4.74 Å². The molecule has 0 fully saturated rings. The first-order valence-electron chi connectivity index (χ1n) is 7.93. The number of carbonyl (C=O) groups excluding carboxylic acids is 1. The van der Waals surface area contributed by atoms with Gasteiger partial charge in [-0.3, -0.25) is 4.79 Å². The van der Waals surface area contributed by atoms with Crippen LogP contribution in [0.2, 0.25) is 0 Å². The predicted octanol–water partition coefficient (Wildman–Crippen LogP) is 2.76. The molecule has 24 heavy (non-hydrogen) atoms. The molecule has 0 unspecified atom stereocenters. The number of fused-ring (bicyclic) bond motifs is 1. The quantitative estimate of drug-likeness (QED) is 0.739. The van der Waals surface area contributed by atoms with Gasteiger partial charge in [-0.05, 0) is 59.2 Å². The lowest BCUT2D eigenvalue weighted by atomic mass is 9.91. The number of ether oxygens (including phenoxy) is 1. The van der Waals surface area contributed by atoms with Crippen molar-refractivity contribution in [2.45, 2.75) is 25.9 Å². The van der Waals surface area contributed by atoms with E-state index < -0.39 is 0 Å². The van der Waals surface area contributed by atoms with Gasteiger partial charge in [0.25, 0.3) is 0 Å². The Hall–Kier alpha value is -3.02. The highest BCUT2D eigenvalue weighted by molar-refractivity contribution is 5.98. The van der Waals surface area contributed by atoms with Gasteiger partial charge in [0.2, 0.25) is 0 Å². The van der Waals surface area contributed by atoms with Crippen molar-refractivity contribution in [2.75, 3.05) is 0 Å². The normalized spacial score (nSPS) is 13.6. The zero-order chi connectivity index (χ0) is 16.4. The largest absolute Gasteiger partial charge is 0.486 e. The lowest BCUT2D eigenvalue weighted by Gasteiger charge is -2.15. The Balaban J connectivity index is 1.52. The van der Waals surface area contributed by atoms with Crippen molar-refractivity contribution < 1.29 is 9.53 Å². The second-order valence-electron chi connectivity index (χ2n) is 5.73. The van der Waals surface area contributed by atoms with Crippen LogP contribution < -0.4 is 4.74 Å². The minimum atomic E-state index is 0.218. The molecule has 120 valence electrons. The monoisotopic (exact) mass is 320 g/mol. The van der Waals surface area contributed by atoms with Gasteiger partial charge in [0.1, 0.15) is 12.4 Å². The summed E-state index contributed by atoms with van der Waals surface area (Å²) >= 11 is 0. The highest BCUT2D eigenvalue weighted by atomic mass is 16.5. The molecule has 0 bridgehead atoms. The number of nitrogens with zero attached hydrogens (tertiary/aromatic N) is 4. The fourth-order valence-electron chi connectivity index (χ4n) is 2.93. The van der Waals surface area contributed by atoms with Crippen LogP contribution in [0.25, 0.3) is 5.69 Å². The molecule has 1 aliphatic carbocycles. The van der Waals surface area contributed by atoms with Gasteiger partial charge in [0.05, 0.1) is 5.69 Å². The molecule has 0 saturated heterocycles. The van der Waals surface area contributed by atoms with Crippen LogP contribution in [-0.2, 0) is 13.0 Å². The maximum atomic E-state index is 11.9. The average Bonchev–Trinajstić information content (AvgIpc) is 3.09. The topological polar surface area (TPSA) is 69.9 Å². The van der Waals surface area contributed by atoms with E-state index in [0.29, 0.717) is 12.2 Å². The van der Waals surface area contributed by atoms with Crippen LogP contribution in [0, 0.1) is 0 Å². The van der Waals surface area contributed by atoms with Crippen LogP contribution in [0.1, 0.15) is 34.6 Å². The second kappa shape index (κ2) is 6.23. The molecule has 0 saturated carbocycles. The molecule has 1 heterocycles. The smallest absolute Gasteiger partial charge is 0.194 e. The van der Waals surface area contributed by atoms with Crippen LogP contribution in [0.15, 0.2) is 48.5 Å². The number of hydrogen-bond donors (Lipinski definition) is 0. The molecular weight excluding hydrogens is 304 g/mol. The van der Waals surface area contributed by atoms with Crippen LogP contribution >= 0.6 is 0 Å². The maximum absolute atomic E-state index is 11.9. The first-order chi connectivity index (χ1) is 11.8. The van der Waals surface area contributed by atoms with Crippen molar-refractivity contribution in [3.05, 3.63) is 65.5 Å². The van der Waals surface area contributed by atoms with Gasteiger partial charge in [0, 0.05) is 12.0 Å². The lowest BCUT2D eigenvalue weighted by Crippen LogP contribution is -2.11. The molecule has 0 amide bonds. The summed E-state index contributed by atoms with van der Waals surface area (Å²) in [5.74, 6) is 1.57. The number of carbonyl (C=O) groups is 1. The summed E-state index contributed by atoms with van der Waals surface area (Å²) in [6.45, 7) is 0.259. The summed E-state index contributed by atoms with van der Waals surface area (Å²) in [6, 6.07) is 15.3. The number of rotatable bonds is 4. The van der Waals surface area contributed by atoms with Gasteiger partial charge >= 0.3 is 0 Å². The minimum Gasteiger partial charge on any atom is -0.486 e. The molecule has 6 nitrogen and oxygen atoms in total. The van der Waals surface area contributed by atoms with E-state index in [1.54, 1.807) is 4.68 Å². The minimum absolute atomic E-state index is 0.218. The van der Waals surface area contributed by atoms with Gasteiger partial charge in [-0.15, -0.1) is 5.10 Å². The molecule has 0 aliphatic heterocycles. The molecule has 6 heteroatoms. The van der Waals surface area contributed by atoms with Crippen LogP contribution in [0.4, 0.5) is 0 Å². The van der Waals surface area contributed by atoms with E-state index in [2.05, 4.69) is 15.5 Å². The molecule has 1 aliphatic rings. The third-order valence-electron chi connectivity index (χ3n) is 4.13. The predicted molar refractivity (Wildman–Crippen MR) is 87.2 cm³/mol. The van der Waals surface area contributed by atoms with Gasteiger partial charge in [0.15, 0.2) is 11.6 Å². The van der Waals surface area contributed by atoms with Crippen molar-refractivity contribution in [3.63, 3.8) is 0 Å². The zero-order valence-electron chi connectivity index (χ0n) is 13.1. The summed E-state index contributed by atoms with van der Waals surface area (Å²) in [6.07, 6.45) is 2.46. The Morgan fingerprint density at radius 2 is 1.96 bits per heavy atom. The van der Waals surface area contributed by atoms with E-state index in [-0.39, 0.29) is 12.4 Å². The molecule has 3 aromatic rings. The molecule has 0 N–H and O–H groups in total. The fraction of sp³-hybridized carbons (Fsp3) is 0.222. The molecule has 0 radical (unpaired) electrons. The van der Waals surface area contributed by atoms with E-state index >= 15 is 0 Å². The number of aryl methyl sites for hydroxylation is 1. The number of ketones is 1. The number of benzene rings is 2. The maximum Gasteiger partial charge on any atom is 0.194 e. The van der Waals surface area contributed by atoms with E-state index in [0.717, 1.165) is 35.4 Å². The zero-order valence-corrected chi connectivity index (χ0v) is 13.1. The number of para-hydroxylation sites is 1. The van der Waals surface area contributed by atoms with Crippen molar-refractivity contribution in [3.8, 4) is 11.4 Å². The third kappa shape index (κ3) is 2.78. The van der Waals surface area contributed by atoms with Crippen LogP contribution in [-0.4, -0.2) is 26.0 Å². The Labute approximate surface area is 139 Å². The van der Waals surface area contributed by atoms with Gasteiger partial charge < -0.3 is 4.74 Å². The van der Waals surface area contributed by atoms with Gasteiger partial charge in [-0.1, -0.05) is 18.2 Å². The Morgan fingerprint density at radius 1 is 1.08 bits per heavy atom. The summed E-state index contributed by atoms with van der Waals surface area (Å²) in [4.78, 5) is 11.9. The van der Waals surface area contributed by atoms with Gasteiger partial charge in [-0.25, -0.2) is 0 Å². The Kier molecular flexibility index (Phi) is 3.78. The van der Waals surface area contributed by atoms with Crippen LogP contribution in [0.5, 0.6) is 5.75 Å².